The summed E-state index contributed by atoms with van der Waals surface area (Å²) in [6, 6.07) is 21.2. The molecular weight excluding hydrogens is 398 g/mol. The average molecular weight is 430 g/mol. The van der Waals surface area contributed by atoms with Gasteiger partial charge in [-0.05, 0) is 50.1 Å². The lowest BCUT2D eigenvalue weighted by Gasteiger charge is -2.35. The van der Waals surface area contributed by atoms with Gasteiger partial charge in [0.25, 0.3) is 0 Å². The second kappa shape index (κ2) is 9.96. The third-order valence-electron chi connectivity index (χ3n) is 5.93. The van der Waals surface area contributed by atoms with Crippen molar-refractivity contribution in [3.05, 3.63) is 83.2 Å². The van der Waals surface area contributed by atoms with Gasteiger partial charge in [0.15, 0.2) is 0 Å². The lowest BCUT2D eigenvalue weighted by molar-refractivity contribution is -0.120. The molecule has 166 valence electrons. The third kappa shape index (κ3) is 5.35. The monoisotopic (exact) mass is 429 g/mol. The van der Waals surface area contributed by atoms with E-state index in [-0.39, 0.29) is 12.3 Å². The molecule has 4 rings (SSSR count). The maximum atomic E-state index is 12.4. The first-order valence-electron chi connectivity index (χ1n) is 11.2. The van der Waals surface area contributed by atoms with Crippen LogP contribution in [0.2, 0.25) is 0 Å². The van der Waals surface area contributed by atoms with Gasteiger partial charge in [-0.2, -0.15) is 0 Å². The zero-order chi connectivity index (χ0) is 22.5. The summed E-state index contributed by atoms with van der Waals surface area (Å²) in [5, 5.41) is 2.99. The Balaban J connectivity index is 1.39. The summed E-state index contributed by atoms with van der Waals surface area (Å²) in [6.45, 7) is 9.24. The maximum Gasteiger partial charge on any atom is 0.226 e. The normalized spacial score (nSPS) is 16.1. The van der Waals surface area contributed by atoms with Crippen molar-refractivity contribution < 1.29 is 9.53 Å². The van der Waals surface area contributed by atoms with E-state index in [2.05, 4.69) is 66.5 Å². The highest BCUT2D eigenvalue weighted by Crippen LogP contribution is 2.27. The molecule has 0 bridgehead atoms. The summed E-state index contributed by atoms with van der Waals surface area (Å²) in [5.74, 6) is -0.0184. The van der Waals surface area contributed by atoms with E-state index in [1.54, 1.807) is 0 Å². The summed E-state index contributed by atoms with van der Waals surface area (Å²) in [4.78, 5) is 19.5. The number of pyridine rings is 1. The highest BCUT2D eigenvalue weighted by atomic mass is 16.5. The lowest BCUT2D eigenvalue weighted by atomic mass is 10.0. The number of amides is 1. The van der Waals surface area contributed by atoms with Crippen molar-refractivity contribution in [3.8, 4) is 11.1 Å². The van der Waals surface area contributed by atoms with Gasteiger partial charge in [-0.3, -0.25) is 9.78 Å². The van der Waals surface area contributed by atoms with Crippen LogP contribution in [-0.2, 0) is 22.5 Å². The molecule has 1 atom stereocenters. The Morgan fingerprint density at radius 1 is 1.12 bits per heavy atom. The van der Waals surface area contributed by atoms with E-state index in [1.165, 1.54) is 11.3 Å². The SMILES string of the molecule is Cc1cccc(CNC(=O)Cc2ccc(-c3ccc(N4CCOC[C@@H]4C)cc3)c(C)n2)c1. The molecule has 5 heteroatoms. The van der Waals surface area contributed by atoms with E-state index in [4.69, 9.17) is 9.72 Å². The van der Waals surface area contributed by atoms with Crippen molar-refractivity contribution in [1.82, 2.24) is 10.3 Å². The number of ether oxygens (including phenoxy) is 1. The van der Waals surface area contributed by atoms with Crippen LogP contribution in [0.1, 0.15) is 29.4 Å². The summed E-state index contributed by atoms with van der Waals surface area (Å²) in [6.07, 6.45) is 0.279. The Labute approximate surface area is 190 Å². The van der Waals surface area contributed by atoms with Crippen LogP contribution in [0.5, 0.6) is 0 Å². The number of anilines is 1. The van der Waals surface area contributed by atoms with E-state index >= 15 is 0 Å². The number of hydrogen-bond acceptors (Lipinski definition) is 4. The minimum Gasteiger partial charge on any atom is -0.377 e. The molecule has 2 aromatic carbocycles. The van der Waals surface area contributed by atoms with Crippen LogP contribution in [0, 0.1) is 13.8 Å². The van der Waals surface area contributed by atoms with Crippen molar-refractivity contribution in [1.29, 1.82) is 0 Å². The second-order valence-corrected chi connectivity index (χ2v) is 8.54. The van der Waals surface area contributed by atoms with Crippen LogP contribution in [0.4, 0.5) is 5.69 Å². The predicted molar refractivity (Wildman–Crippen MR) is 129 cm³/mol. The first kappa shape index (κ1) is 22.0. The molecule has 5 nitrogen and oxygen atoms in total. The molecule has 3 aromatic rings. The minimum absolute atomic E-state index is 0.0184. The van der Waals surface area contributed by atoms with Gasteiger partial charge in [0, 0.05) is 36.1 Å². The summed E-state index contributed by atoms with van der Waals surface area (Å²) >= 11 is 0. The first-order chi connectivity index (χ1) is 15.5. The van der Waals surface area contributed by atoms with Crippen LogP contribution < -0.4 is 10.2 Å². The van der Waals surface area contributed by atoms with E-state index in [0.717, 1.165) is 47.8 Å². The molecule has 1 N–H and O–H groups in total. The summed E-state index contributed by atoms with van der Waals surface area (Å²) in [7, 11) is 0. The van der Waals surface area contributed by atoms with E-state index in [9.17, 15) is 4.79 Å². The van der Waals surface area contributed by atoms with Gasteiger partial charge >= 0.3 is 0 Å². The van der Waals surface area contributed by atoms with E-state index < -0.39 is 0 Å². The predicted octanol–water partition coefficient (Wildman–Crippen LogP) is 4.45. The number of morpholine rings is 1. The van der Waals surface area contributed by atoms with Crippen molar-refractivity contribution in [3.63, 3.8) is 0 Å². The molecule has 0 unspecified atom stereocenters. The van der Waals surface area contributed by atoms with Gasteiger partial charge in [-0.1, -0.05) is 48.0 Å². The Hall–Kier alpha value is -3.18. The molecule has 32 heavy (non-hydrogen) atoms. The quantitative estimate of drug-likeness (QED) is 0.629. The van der Waals surface area contributed by atoms with Gasteiger partial charge < -0.3 is 15.0 Å². The molecule has 2 heterocycles. The molecule has 1 aliphatic heterocycles. The van der Waals surface area contributed by atoms with Crippen molar-refractivity contribution in [2.45, 2.75) is 39.8 Å². The lowest BCUT2D eigenvalue weighted by Crippen LogP contribution is -2.43. The molecule has 1 amide bonds. The molecule has 0 saturated carbocycles. The fourth-order valence-corrected chi connectivity index (χ4v) is 4.21. The molecular formula is C27H31N3O2. The molecule has 1 aromatic heterocycles. The first-order valence-corrected chi connectivity index (χ1v) is 11.2. The standard InChI is InChI=1S/C27H31N3O2/c1-19-5-4-6-22(15-19)17-28-27(31)16-24-9-12-26(21(3)29-24)23-7-10-25(11-8-23)30-13-14-32-18-20(30)2/h4-12,15,20H,13-14,16-18H2,1-3H3,(H,28,31)/t20-/m0/s1. The topological polar surface area (TPSA) is 54.5 Å². The van der Waals surface area contributed by atoms with Gasteiger partial charge in [0.2, 0.25) is 5.91 Å². The Kier molecular flexibility index (Phi) is 6.86. The Morgan fingerprint density at radius 3 is 2.66 bits per heavy atom. The number of nitrogens with one attached hydrogen (secondary N) is 1. The molecule has 0 radical (unpaired) electrons. The zero-order valence-corrected chi connectivity index (χ0v) is 19.1. The number of hydrogen-bond donors (Lipinski definition) is 1. The number of carbonyl (C=O) groups excluding carboxylic acids is 1. The largest absolute Gasteiger partial charge is 0.377 e. The van der Waals surface area contributed by atoms with Crippen LogP contribution >= 0.6 is 0 Å². The van der Waals surface area contributed by atoms with Crippen molar-refractivity contribution in [2.24, 2.45) is 0 Å². The molecule has 1 saturated heterocycles. The van der Waals surface area contributed by atoms with Gasteiger partial charge in [-0.15, -0.1) is 0 Å². The zero-order valence-electron chi connectivity index (χ0n) is 19.1. The van der Waals surface area contributed by atoms with Gasteiger partial charge in [0.1, 0.15) is 0 Å². The molecule has 0 spiro atoms. The molecule has 1 aliphatic rings. The third-order valence-corrected chi connectivity index (χ3v) is 5.93. The highest BCUT2D eigenvalue weighted by Gasteiger charge is 2.19. The average Bonchev–Trinajstić information content (AvgIpc) is 2.79. The van der Waals surface area contributed by atoms with Crippen LogP contribution in [0.15, 0.2) is 60.7 Å². The van der Waals surface area contributed by atoms with Crippen LogP contribution in [0.25, 0.3) is 11.1 Å². The smallest absolute Gasteiger partial charge is 0.226 e. The van der Waals surface area contributed by atoms with E-state index in [1.807, 2.05) is 25.1 Å². The fraction of sp³-hybridized carbons (Fsp3) is 0.333. The highest BCUT2D eigenvalue weighted by molar-refractivity contribution is 5.78. The van der Waals surface area contributed by atoms with Gasteiger partial charge in [0.05, 0.1) is 25.3 Å². The van der Waals surface area contributed by atoms with Gasteiger partial charge in [-0.25, -0.2) is 0 Å². The maximum absolute atomic E-state index is 12.4. The van der Waals surface area contributed by atoms with Crippen molar-refractivity contribution in [2.75, 3.05) is 24.7 Å². The Morgan fingerprint density at radius 2 is 1.94 bits per heavy atom. The van der Waals surface area contributed by atoms with E-state index in [0.29, 0.717) is 12.6 Å². The minimum atomic E-state index is -0.0184. The second-order valence-electron chi connectivity index (χ2n) is 8.54. The number of rotatable bonds is 6. The number of nitrogens with zero attached hydrogens (tertiary/aromatic N) is 2. The summed E-state index contributed by atoms with van der Waals surface area (Å²) < 4.78 is 5.54. The van der Waals surface area contributed by atoms with Crippen LogP contribution in [-0.4, -0.2) is 36.7 Å². The fourth-order valence-electron chi connectivity index (χ4n) is 4.21. The summed E-state index contributed by atoms with van der Waals surface area (Å²) in [5.41, 5.74) is 7.46. The molecule has 1 fully saturated rings. The van der Waals surface area contributed by atoms with Crippen LogP contribution in [0.3, 0.4) is 0 Å². The van der Waals surface area contributed by atoms with Crippen molar-refractivity contribution >= 4 is 11.6 Å². The number of aryl methyl sites for hydroxylation is 2. The number of carbonyl (C=O) groups is 1. The molecule has 0 aliphatic carbocycles. The Bertz CT molecular complexity index is 1080. The number of aromatic nitrogens is 1. The number of benzene rings is 2.